The average molecular weight is 258 g/mol. The van der Waals surface area contributed by atoms with Crippen molar-refractivity contribution in [3.8, 4) is 5.75 Å². The van der Waals surface area contributed by atoms with E-state index in [2.05, 4.69) is 0 Å². The second-order valence-corrected chi connectivity index (χ2v) is 3.98. The molecule has 2 rings (SSSR count). The predicted octanol–water partition coefficient (Wildman–Crippen LogP) is 3.25. The van der Waals surface area contributed by atoms with Gasteiger partial charge in [-0.05, 0) is 23.3 Å². The third-order valence-electron chi connectivity index (χ3n) is 2.49. The van der Waals surface area contributed by atoms with Crippen LogP contribution in [0.15, 0.2) is 54.6 Å². The maximum Gasteiger partial charge on any atom is 0.508 e. The fourth-order valence-electron chi connectivity index (χ4n) is 1.49. The van der Waals surface area contributed by atoms with Crippen LogP contribution in [0.3, 0.4) is 0 Å². The molecule has 4 heteroatoms. The second kappa shape index (κ2) is 6.44. The number of carbonyl (C=O) groups is 1. The van der Waals surface area contributed by atoms with Gasteiger partial charge in [0.1, 0.15) is 19.0 Å². The normalized spacial score (nSPS) is 9.89. The molecule has 0 aliphatic carbocycles. The molecule has 0 unspecified atom stereocenters. The van der Waals surface area contributed by atoms with E-state index in [-0.39, 0.29) is 19.0 Å². The molecule has 2 aromatic rings. The molecule has 0 saturated carbocycles. The Bertz CT molecular complexity index is 520. The van der Waals surface area contributed by atoms with E-state index in [9.17, 15) is 4.79 Å². The minimum atomic E-state index is -0.711. The SMILES string of the molecule is O=C(OCc1ccccc1)OCc1ccc(O)cc1. The lowest BCUT2D eigenvalue weighted by Crippen LogP contribution is -2.07. The molecule has 98 valence electrons. The van der Waals surface area contributed by atoms with Gasteiger partial charge in [-0.25, -0.2) is 4.79 Å². The number of phenolic OH excluding ortho intramolecular Hbond substituents is 1. The molecule has 0 atom stereocenters. The van der Waals surface area contributed by atoms with Crippen LogP contribution < -0.4 is 0 Å². The Morgan fingerprint density at radius 3 is 1.95 bits per heavy atom. The summed E-state index contributed by atoms with van der Waals surface area (Å²) in [5.41, 5.74) is 1.69. The van der Waals surface area contributed by atoms with Crippen molar-refractivity contribution in [2.75, 3.05) is 0 Å². The molecule has 4 nitrogen and oxygen atoms in total. The number of phenols is 1. The van der Waals surface area contributed by atoms with Gasteiger partial charge < -0.3 is 14.6 Å². The lowest BCUT2D eigenvalue weighted by molar-refractivity contribution is 0.0446. The number of ether oxygens (including phenoxy) is 2. The highest BCUT2D eigenvalue weighted by atomic mass is 16.7. The summed E-state index contributed by atoms with van der Waals surface area (Å²) >= 11 is 0. The molecule has 0 aliphatic rings. The Morgan fingerprint density at radius 1 is 0.842 bits per heavy atom. The van der Waals surface area contributed by atoms with Crippen molar-refractivity contribution in [2.45, 2.75) is 13.2 Å². The first-order valence-corrected chi connectivity index (χ1v) is 5.85. The van der Waals surface area contributed by atoms with Gasteiger partial charge in [-0.2, -0.15) is 0 Å². The lowest BCUT2D eigenvalue weighted by atomic mass is 10.2. The van der Waals surface area contributed by atoms with Crippen molar-refractivity contribution in [3.63, 3.8) is 0 Å². The molecule has 0 saturated heterocycles. The van der Waals surface area contributed by atoms with Gasteiger partial charge in [0.25, 0.3) is 0 Å². The summed E-state index contributed by atoms with van der Waals surface area (Å²) in [6.07, 6.45) is -0.711. The molecule has 0 amide bonds. The predicted molar refractivity (Wildman–Crippen MR) is 69.5 cm³/mol. The van der Waals surface area contributed by atoms with Crippen LogP contribution in [-0.4, -0.2) is 11.3 Å². The smallest absolute Gasteiger partial charge is 0.508 e. The van der Waals surface area contributed by atoms with Crippen LogP contribution in [0.2, 0.25) is 0 Å². The van der Waals surface area contributed by atoms with Crippen LogP contribution >= 0.6 is 0 Å². The average Bonchev–Trinajstić information content (AvgIpc) is 2.45. The molecule has 19 heavy (non-hydrogen) atoms. The Labute approximate surface area is 111 Å². The molecular weight excluding hydrogens is 244 g/mol. The van der Waals surface area contributed by atoms with E-state index >= 15 is 0 Å². The first kappa shape index (κ1) is 13.0. The number of hydrogen-bond donors (Lipinski definition) is 1. The summed E-state index contributed by atoms with van der Waals surface area (Å²) < 4.78 is 9.91. The van der Waals surface area contributed by atoms with Crippen molar-refractivity contribution in [1.29, 1.82) is 0 Å². The van der Waals surface area contributed by atoms with Gasteiger partial charge in [-0.3, -0.25) is 0 Å². The van der Waals surface area contributed by atoms with Crippen molar-refractivity contribution in [1.82, 2.24) is 0 Å². The third kappa shape index (κ3) is 4.35. The maximum atomic E-state index is 11.4. The standard InChI is InChI=1S/C15H14O4/c16-14-8-6-13(7-9-14)11-19-15(17)18-10-12-4-2-1-3-5-12/h1-9,16H,10-11H2. The van der Waals surface area contributed by atoms with Crippen molar-refractivity contribution in [2.24, 2.45) is 0 Å². The van der Waals surface area contributed by atoms with Gasteiger partial charge in [-0.1, -0.05) is 42.5 Å². The number of benzene rings is 2. The number of rotatable bonds is 4. The fourth-order valence-corrected chi connectivity index (χ4v) is 1.49. The molecular formula is C15H14O4. The van der Waals surface area contributed by atoms with Crippen molar-refractivity contribution in [3.05, 3.63) is 65.7 Å². The van der Waals surface area contributed by atoms with Crippen LogP contribution in [0.4, 0.5) is 4.79 Å². The van der Waals surface area contributed by atoms with Crippen molar-refractivity contribution >= 4 is 6.16 Å². The first-order chi connectivity index (χ1) is 9.24. The summed E-state index contributed by atoms with van der Waals surface area (Å²) in [6, 6.07) is 15.8. The highest BCUT2D eigenvalue weighted by Gasteiger charge is 2.04. The minimum absolute atomic E-state index is 0.119. The summed E-state index contributed by atoms with van der Waals surface area (Å²) in [6.45, 7) is 0.309. The molecule has 0 fully saturated rings. The number of carbonyl (C=O) groups excluding carboxylic acids is 1. The van der Waals surface area contributed by atoms with Gasteiger partial charge >= 0.3 is 6.16 Å². The van der Waals surface area contributed by atoms with Gasteiger partial charge in [0.2, 0.25) is 0 Å². The molecule has 2 aromatic carbocycles. The van der Waals surface area contributed by atoms with E-state index in [1.54, 1.807) is 12.1 Å². The van der Waals surface area contributed by atoms with Crippen molar-refractivity contribution < 1.29 is 19.4 Å². The zero-order valence-corrected chi connectivity index (χ0v) is 10.3. The first-order valence-electron chi connectivity index (χ1n) is 5.85. The van der Waals surface area contributed by atoms with Crippen LogP contribution in [0.5, 0.6) is 5.75 Å². The topological polar surface area (TPSA) is 55.8 Å². The van der Waals surface area contributed by atoms with Crippen LogP contribution in [0.25, 0.3) is 0 Å². The Balaban J connectivity index is 1.74. The molecule has 0 heterocycles. The summed E-state index contributed by atoms with van der Waals surface area (Å²) in [7, 11) is 0. The quantitative estimate of drug-likeness (QED) is 0.855. The molecule has 0 spiro atoms. The van der Waals surface area contributed by atoms with Gasteiger partial charge in [0.15, 0.2) is 0 Å². The molecule has 0 aliphatic heterocycles. The van der Waals surface area contributed by atoms with E-state index in [1.165, 1.54) is 12.1 Å². The Morgan fingerprint density at radius 2 is 1.37 bits per heavy atom. The number of hydrogen-bond acceptors (Lipinski definition) is 4. The van der Waals surface area contributed by atoms with E-state index in [1.807, 2.05) is 30.3 Å². The largest absolute Gasteiger partial charge is 0.508 e. The maximum absolute atomic E-state index is 11.4. The number of aromatic hydroxyl groups is 1. The van der Waals surface area contributed by atoms with E-state index in [0.29, 0.717) is 0 Å². The van der Waals surface area contributed by atoms with Crippen LogP contribution in [0, 0.1) is 0 Å². The minimum Gasteiger partial charge on any atom is -0.508 e. The second-order valence-electron chi connectivity index (χ2n) is 3.98. The molecule has 0 bridgehead atoms. The van der Waals surface area contributed by atoms with Crippen LogP contribution in [-0.2, 0) is 22.7 Å². The Kier molecular flexibility index (Phi) is 4.39. The summed E-state index contributed by atoms with van der Waals surface area (Å²) in [5.74, 6) is 0.176. The van der Waals surface area contributed by atoms with Gasteiger partial charge in [-0.15, -0.1) is 0 Å². The highest BCUT2D eigenvalue weighted by Crippen LogP contribution is 2.11. The molecule has 0 radical (unpaired) electrons. The lowest BCUT2D eigenvalue weighted by Gasteiger charge is -2.06. The van der Waals surface area contributed by atoms with E-state index in [0.717, 1.165) is 11.1 Å². The van der Waals surface area contributed by atoms with E-state index < -0.39 is 6.16 Å². The third-order valence-corrected chi connectivity index (χ3v) is 2.49. The summed E-state index contributed by atoms with van der Waals surface area (Å²) in [5, 5.41) is 9.11. The van der Waals surface area contributed by atoms with Crippen LogP contribution in [0.1, 0.15) is 11.1 Å². The van der Waals surface area contributed by atoms with Gasteiger partial charge in [0.05, 0.1) is 0 Å². The zero-order valence-electron chi connectivity index (χ0n) is 10.3. The fraction of sp³-hybridized carbons (Fsp3) is 0.133. The summed E-state index contributed by atoms with van der Waals surface area (Å²) in [4.78, 5) is 11.4. The zero-order chi connectivity index (χ0) is 13.5. The Hall–Kier alpha value is -2.49. The monoisotopic (exact) mass is 258 g/mol. The molecule has 0 aromatic heterocycles. The van der Waals surface area contributed by atoms with E-state index in [4.69, 9.17) is 14.6 Å². The highest BCUT2D eigenvalue weighted by molar-refractivity contribution is 5.60. The van der Waals surface area contributed by atoms with Gasteiger partial charge in [0, 0.05) is 0 Å². The molecule has 1 N–H and O–H groups in total.